The first kappa shape index (κ1) is 13.9. The monoisotopic (exact) mass is 252 g/mol. The summed E-state index contributed by atoms with van der Waals surface area (Å²) in [6, 6.07) is 0. The van der Waals surface area contributed by atoms with Crippen molar-refractivity contribution in [1.29, 1.82) is 0 Å². The molecule has 0 radical (unpaired) electrons. The van der Waals surface area contributed by atoms with Gasteiger partial charge >= 0.3 is 0 Å². The van der Waals surface area contributed by atoms with Crippen molar-refractivity contribution in [2.24, 2.45) is 23.0 Å². The molecule has 0 aliphatic heterocycles. The Balaban J connectivity index is 1.81. The Morgan fingerprint density at radius 2 is 1.78 bits per heavy atom. The van der Waals surface area contributed by atoms with Crippen LogP contribution < -0.4 is 11.1 Å². The van der Waals surface area contributed by atoms with Gasteiger partial charge in [0, 0.05) is 12.0 Å². The molecular weight excluding hydrogens is 224 g/mol. The summed E-state index contributed by atoms with van der Waals surface area (Å²) in [6.45, 7) is 3.74. The molecule has 2 unspecified atom stereocenters. The fourth-order valence-corrected chi connectivity index (χ4v) is 3.68. The Kier molecular flexibility index (Phi) is 4.66. The lowest BCUT2D eigenvalue weighted by molar-refractivity contribution is -0.130. The molecule has 3 nitrogen and oxygen atoms in total. The minimum absolute atomic E-state index is 0.0904. The second-order valence-electron chi connectivity index (χ2n) is 6.52. The van der Waals surface area contributed by atoms with Gasteiger partial charge in [-0.05, 0) is 44.1 Å². The Hall–Kier alpha value is -0.570. The van der Waals surface area contributed by atoms with Gasteiger partial charge in [-0.25, -0.2) is 0 Å². The van der Waals surface area contributed by atoms with Gasteiger partial charge in [0.15, 0.2) is 0 Å². The Labute approximate surface area is 111 Å². The summed E-state index contributed by atoms with van der Waals surface area (Å²) >= 11 is 0. The van der Waals surface area contributed by atoms with Crippen LogP contribution in [0.2, 0.25) is 0 Å². The zero-order valence-electron chi connectivity index (χ0n) is 11.7. The average molecular weight is 252 g/mol. The second kappa shape index (κ2) is 6.05. The van der Waals surface area contributed by atoms with E-state index in [2.05, 4.69) is 12.2 Å². The predicted octanol–water partition coefficient (Wildman–Crippen LogP) is 2.45. The topological polar surface area (TPSA) is 55.1 Å². The van der Waals surface area contributed by atoms with Gasteiger partial charge in [0.1, 0.15) is 0 Å². The molecule has 0 bridgehead atoms. The minimum Gasteiger partial charge on any atom is -0.355 e. The van der Waals surface area contributed by atoms with Crippen LogP contribution in [-0.2, 0) is 4.79 Å². The molecule has 3 N–H and O–H groups in total. The summed E-state index contributed by atoms with van der Waals surface area (Å²) in [5, 5.41) is 3.20. The lowest BCUT2D eigenvalue weighted by Crippen LogP contribution is -2.42. The maximum atomic E-state index is 12.3. The van der Waals surface area contributed by atoms with E-state index < -0.39 is 0 Å². The van der Waals surface area contributed by atoms with E-state index in [1.165, 1.54) is 38.5 Å². The number of carbonyl (C=O) groups excluding carboxylic acids is 1. The van der Waals surface area contributed by atoms with E-state index in [0.29, 0.717) is 11.8 Å². The van der Waals surface area contributed by atoms with Gasteiger partial charge in [-0.15, -0.1) is 0 Å². The lowest BCUT2D eigenvalue weighted by atomic mass is 9.79. The smallest absolute Gasteiger partial charge is 0.225 e. The second-order valence-corrected chi connectivity index (χ2v) is 6.52. The van der Waals surface area contributed by atoms with E-state index in [1.807, 2.05) is 0 Å². The largest absolute Gasteiger partial charge is 0.355 e. The van der Waals surface area contributed by atoms with Crippen molar-refractivity contribution in [3.8, 4) is 0 Å². The molecule has 2 aliphatic rings. The first-order valence-electron chi connectivity index (χ1n) is 7.64. The molecule has 0 saturated heterocycles. The van der Waals surface area contributed by atoms with Crippen LogP contribution in [0.15, 0.2) is 0 Å². The van der Waals surface area contributed by atoms with Crippen LogP contribution in [0.1, 0.15) is 58.3 Å². The zero-order chi connectivity index (χ0) is 13.0. The Bertz CT molecular complexity index is 284. The fraction of sp³-hybridized carbons (Fsp3) is 0.933. The van der Waals surface area contributed by atoms with E-state index in [-0.39, 0.29) is 11.3 Å². The van der Waals surface area contributed by atoms with E-state index in [4.69, 9.17) is 5.73 Å². The predicted molar refractivity (Wildman–Crippen MR) is 74.1 cm³/mol. The minimum atomic E-state index is -0.0904. The molecule has 0 heterocycles. The quantitative estimate of drug-likeness (QED) is 0.807. The van der Waals surface area contributed by atoms with E-state index in [9.17, 15) is 4.79 Å². The number of hydrogen-bond donors (Lipinski definition) is 2. The maximum Gasteiger partial charge on any atom is 0.225 e. The molecule has 0 spiro atoms. The van der Waals surface area contributed by atoms with Gasteiger partial charge in [0.25, 0.3) is 0 Å². The third-order valence-electron chi connectivity index (χ3n) is 5.15. The van der Waals surface area contributed by atoms with Crippen molar-refractivity contribution >= 4 is 5.91 Å². The fourth-order valence-electron chi connectivity index (χ4n) is 3.68. The van der Waals surface area contributed by atoms with E-state index in [0.717, 1.165) is 25.9 Å². The first-order chi connectivity index (χ1) is 8.65. The molecule has 2 fully saturated rings. The molecule has 2 atom stereocenters. The number of amides is 1. The maximum absolute atomic E-state index is 12.3. The van der Waals surface area contributed by atoms with Crippen molar-refractivity contribution in [2.75, 3.05) is 13.1 Å². The molecular formula is C15H28N2O. The van der Waals surface area contributed by atoms with Crippen molar-refractivity contribution in [1.82, 2.24) is 5.32 Å². The summed E-state index contributed by atoms with van der Waals surface area (Å²) in [7, 11) is 0. The van der Waals surface area contributed by atoms with Crippen LogP contribution in [0.3, 0.4) is 0 Å². The highest BCUT2D eigenvalue weighted by atomic mass is 16.2. The van der Waals surface area contributed by atoms with Crippen molar-refractivity contribution < 1.29 is 4.79 Å². The highest BCUT2D eigenvalue weighted by Crippen LogP contribution is 2.37. The van der Waals surface area contributed by atoms with Gasteiger partial charge in [-0.3, -0.25) is 4.79 Å². The third-order valence-corrected chi connectivity index (χ3v) is 5.15. The van der Waals surface area contributed by atoms with Crippen LogP contribution in [0.4, 0.5) is 0 Å². The van der Waals surface area contributed by atoms with Gasteiger partial charge in [0.2, 0.25) is 5.91 Å². The van der Waals surface area contributed by atoms with Crippen LogP contribution in [0.25, 0.3) is 0 Å². The number of carbonyl (C=O) groups is 1. The first-order valence-corrected chi connectivity index (χ1v) is 7.64. The van der Waals surface area contributed by atoms with Gasteiger partial charge < -0.3 is 11.1 Å². The molecule has 1 amide bonds. The number of nitrogens with two attached hydrogens (primary N) is 1. The molecule has 0 aromatic heterocycles. The average Bonchev–Trinajstić information content (AvgIpc) is 2.84. The standard InChI is InChI=1S/C15H28N2O/c1-15(8-4-5-9-15)14(18)17-11-13-7-3-2-6-12(13)10-16/h12-13H,2-11,16H2,1H3,(H,17,18). The highest BCUT2D eigenvalue weighted by Gasteiger charge is 2.36. The number of nitrogens with one attached hydrogen (secondary N) is 1. The van der Waals surface area contributed by atoms with Crippen LogP contribution >= 0.6 is 0 Å². The summed E-state index contributed by atoms with van der Waals surface area (Å²) in [5.74, 6) is 1.51. The third kappa shape index (κ3) is 3.05. The number of hydrogen-bond acceptors (Lipinski definition) is 2. The molecule has 0 aromatic rings. The zero-order valence-corrected chi connectivity index (χ0v) is 11.7. The Morgan fingerprint density at radius 3 is 2.39 bits per heavy atom. The molecule has 104 valence electrons. The van der Waals surface area contributed by atoms with E-state index >= 15 is 0 Å². The van der Waals surface area contributed by atoms with Gasteiger partial charge in [-0.1, -0.05) is 32.6 Å². The lowest BCUT2D eigenvalue weighted by Gasteiger charge is -2.32. The molecule has 0 aromatic carbocycles. The summed E-state index contributed by atoms with van der Waals surface area (Å²) < 4.78 is 0. The van der Waals surface area contributed by atoms with Crippen molar-refractivity contribution in [3.05, 3.63) is 0 Å². The van der Waals surface area contributed by atoms with Crippen LogP contribution in [0, 0.1) is 17.3 Å². The highest BCUT2D eigenvalue weighted by molar-refractivity contribution is 5.82. The SMILES string of the molecule is CC1(C(=O)NCC2CCCCC2CN)CCCC1. The van der Waals surface area contributed by atoms with Crippen LogP contribution in [-0.4, -0.2) is 19.0 Å². The molecule has 3 heteroatoms. The molecule has 2 saturated carbocycles. The normalized spacial score (nSPS) is 31.2. The summed E-state index contributed by atoms with van der Waals surface area (Å²) in [4.78, 5) is 12.3. The summed E-state index contributed by atoms with van der Waals surface area (Å²) in [5.41, 5.74) is 5.75. The Morgan fingerprint density at radius 1 is 1.17 bits per heavy atom. The van der Waals surface area contributed by atoms with Crippen molar-refractivity contribution in [3.63, 3.8) is 0 Å². The van der Waals surface area contributed by atoms with E-state index in [1.54, 1.807) is 0 Å². The van der Waals surface area contributed by atoms with Crippen LogP contribution in [0.5, 0.6) is 0 Å². The van der Waals surface area contributed by atoms with Gasteiger partial charge in [0.05, 0.1) is 0 Å². The molecule has 18 heavy (non-hydrogen) atoms. The summed E-state index contributed by atoms with van der Waals surface area (Å²) in [6.07, 6.45) is 9.62. The molecule has 2 aliphatic carbocycles. The van der Waals surface area contributed by atoms with Gasteiger partial charge in [-0.2, -0.15) is 0 Å². The number of rotatable bonds is 4. The molecule has 2 rings (SSSR count). The van der Waals surface area contributed by atoms with Crippen molar-refractivity contribution in [2.45, 2.75) is 58.3 Å².